The number of sulfonamides is 1. The van der Waals surface area contributed by atoms with Crippen LogP contribution in [0.2, 0.25) is 0 Å². The highest BCUT2D eigenvalue weighted by atomic mass is 32.2. The third-order valence-corrected chi connectivity index (χ3v) is 8.28. The van der Waals surface area contributed by atoms with Crippen LogP contribution in [-0.4, -0.2) is 50.9 Å². The molecule has 0 spiro atoms. The fraction of sp³-hybridized carbons (Fsp3) is 0.333. The van der Waals surface area contributed by atoms with Crippen LogP contribution in [0.5, 0.6) is 0 Å². The van der Waals surface area contributed by atoms with Crippen LogP contribution >= 0.6 is 0 Å². The summed E-state index contributed by atoms with van der Waals surface area (Å²) in [4.78, 5) is 26.9. The van der Waals surface area contributed by atoms with Crippen molar-refractivity contribution in [2.45, 2.75) is 44.6 Å². The van der Waals surface area contributed by atoms with Gasteiger partial charge in [0.15, 0.2) is 0 Å². The lowest BCUT2D eigenvalue weighted by atomic mass is 10.0. The summed E-state index contributed by atoms with van der Waals surface area (Å²) in [5, 5.41) is 6.91. The molecule has 0 unspecified atom stereocenters. The van der Waals surface area contributed by atoms with E-state index >= 15 is 0 Å². The Balaban J connectivity index is 1.55. The number of anilines is 1. The zero-order valence-electron chi connectivity index (χ0n) is 20.8. The summed E-state index contributed by atoms with van der Waals surface area (Å²) in [5.41, 5.74) is 3.06. The van der Waals surface area contributed by atoms with Gasteiger partial charge in [-0.25, -0.2) is 17.9 Å². The van der Waals surface area contributed by atoms with Gasteiger partial charge in [-0.15, -0.1) is 0 Å². The maximum Gasteiger partial charge on any atom is 0.317 e. The first-order valence-corrected chi connectivity index (χ1v) is 13.6. The highest BCUT2D eigenvalue weighted by Crippen LogP contribution is 2.30. The Morgan fingerprint density at radius 3 is 2.33 bits per heavy atom. The molecule has 9 heteroatoms. The number of hydrogen-bond donors (Lipinski definition) is 3. The molecule has 3 amide bonds. The van der Waals surface area contributed by atoms with Crippen LogP contribution in [0.4, 0.5) is 10.5 Å². The van der Waals surface area contributed by atoms with E-state index in [1.165, 1.54) is 6.07 Å². The minimum Gasteiger partial charge on any atom is -0.338 e. The van der Waals surface area contributed by atoms with E-state index in [1.54, 1.807) is 35.2 Å². The molecule has 0 aliphatic carbocycles. The van der Waals surface area contributed by atoms with Crippen LogP contribution in [-0.2, 0) is 10.0 Å². The molecule has 4 rings (SSSR count). The molecule has 1 aliphatic heterocycles. The number of piperidine rings is 1. The van der Waals surface area contributed by atoms with Crippen molar-refractivity contribution >= 4 is 38.4 Å². The Kier molecular flexibility index (Phi) is 7.61. The lowest BCUT2D eigenvalue weighted by Crippen LogP contribution is -2.49. The molecule has 3 aromatic rings. The maximum atomic E-state index is 13.4. The van der Waals surface area contributed by atoms with E-state index in [4.69, 9.17) is 0 Å². The quantitative estimate of drug-likeness (QED) is 0.464. The molecular weight excluding hydrogens is 476 g/mol. The second-order valence-corrected chi connectivity index (χ2v) is 10.8. The zero-order chi connectivity index (χ0) is 25.9. The van der Waals surface area contributed by atoms with E-state index in [0.717, 1.165) is 11.1 Å². The second-order valence-electron chi connectivity index (χ2n) is 9.08. The van der Waals surface area contributed by atoms with Crippen LogP contribution in [0.15, 0.2) is 59.5 Å². The molecule has 3 aromatic carbocycles. The molecule has 8 nitrogen and oxygen atoms in total. The van der Waals surface area contributed by atoms with Gasteiger partial charge in [-0.05, 0) is 62.9 Å². The van der Waals surface area contributed by atoms with Gasteiger partial charge in [0.25, 0.3) is 5.91 Å². The number of benzene rings is 3. The van der Waals surface area contributed by atoms with Crippen molar-refractivity contribution < 1.29 is 18.0 Å². The van der Waals surface area contributed by atoms with Crippen molar-refractivity contribution in [1.82, 2.24) is 14.9 Å². The van der Waals surface area contributed by atoms with Gasteiger partial charge in [0.2, 0.25) is 10.0 Å². The second kappa shape index (κ2) is 10.7. The minimum absolute atomic E-state index is 0.122. The van der Waals surface area contributed by atoms with Gasteiger partial charge >= 0.3 is 6.03 Å². The van der Waals surface area contributed by atoms with E-state index in [0.29, 0.717) is 54.5 Å². The van der Waals surface area contributed by atoms with Crippen molar-refractivity contribution in [3.05, 3.63) is 71.3 Å². The highest BCUT2D eigenvalue weighted by molar-refractivity contribution is 7.89. The normalized spacial score (nSPS) is 14.6. The number of aryl methyl sites for hydroxylation is 1. The lowest BCUT2D eigenvalue weighted by molar-refractivity contribution is 0.102. The van der Waals surface area contributed by atoms with Gasteiger partial charge in [-0.3, -0.25) is 4.79 Å². The molecule has 36 heavy (non-hydrogen) atoms. The molecule has 0 bridgehead atoms. The molecule has 1 aliphatic rings. The van der Waals surface area contributed by atoms with Gasteiger partial charge in [0.1, 0.15) is 0 Å². The number of carbonyl (C=O) groups excluding carboxylic acids is 2. The third kappa shape index (κ3) is 5.37. The predicted octanol–water partition coefficient (Wildman–Crippen LogP) is 4.18. The number of urea groups is 1. The number of nitrogens with zero attached hydrogens (tertiary/aromatic N) is 1. The molecule has 0 atom stereocenters. The molecule has 1 heterocycles. The van der Waals surface area contributed by atoms with Crippen molar-refractivity contribution in [3.63, 3.8) is 0 Å². The number of rotatable bonds is 6. The van der Waals surface area contributed by atoms with Gasteiger partial charge in [0, 0.05) is 47.7 Å². The number of hydrogen-bond acceptors (Lipinski definition) is 4. The van der Waals surface area contributed by atoms with Crippen molar-refractivity contribution in [1.29, 1.82) is 0 Å². The number of carbonyl (C=O) groups is 2. The van der Waals surface area contributed by atoms with E-state index in [2.05, 4.69) is 15.4 Å². The first-order valence-electron chi connectivity index (χ1n) is 12.2. The van der Waals surface area contributed by atoms with E-state index < -0.39 is 10.0 Å². The summed E-state index contributed by atoms with van der Waals surface area (Å²) in [5.74, 6) is -0.242. The van der Waals surface area contributed by atoms with Crippen LogP contribution in [0, 0.1) is 13.8 Å². The van der Waals surface area contributed by atoms with Crippen LogP contribution < -0.4 is 15.4 Å². The van der Waals surface area contributed by atoms with Gasteiger partial charge in [0.05, 0.1) is 4.90 Å². The zero-order valence-corrected chi connectivity index (χ0v) is 21.6. The predicted molar refractivity (Wildman–Crippen MR) is 142 cm³/mol. The average molecular weight is 509 g/mol. The Morgan fingerprint density at radius 1 is 0.944 bits per heavy atom. The van der Waals surface area contributed by atoms with Gasteiger partial charge < -0.3 is 15.5 Å². The van der Waals surface area contributed by atoms with E-state index in [1.807, 2.05) is 39.0 Å². The van der Waals surface area contributed by atoms with Crippen LogP contribution in [0.25, 0.3) is 10.8 Å². The number of amides is 3. The first-order chi connectivity index (χ1) is 17.2. The molecule has 1 fully saturated rings. The molecule has 0 aromatic heterocycles. The fourth-order valence-corrected chi connectivity index (χ4v) is 6.06. The standard InChI is InChI=1S/C27H32N4O4S/c1-4-28-27(33)31-16-14-20(15-17-31)30-36(34,35)25-13-12-24(22-9-5-6-10-23(22)25)29-26(32)21-11-7-8-18(2)19(21)3/h5-13,20,30H,4,14-17H2,1-3H3,(H,28,33)(H,29,32). The monoisotopic (exact) mass is 508 g/mol. The highest BCUT2D eigenvalue weighted by Gasteiger charge is 2.28. The summed E-state index contributed by atoms with van der Waals surface area (Å²) in [6.07, 6.45) is 1.08. The Bertz CT molecular complexity index is 1400. The van der Waals surface area contributed by atoms with Gasteiger partial charge in [-0.2, -0.15) is 0 Å². The lowest BCUT2D eigenvalue weighted by Gasteiger charge is -2.32. The van der Waals surface area contributed by atoms with Crippen molar-refractivity contribution in [2.24, 2.45) is 0 Å². The molecule has 1 saturated heterocycles. The largest absolute Gasteiger partial charge is 0.338 e. The smallest absolute Gasteiger partial charge is 0.317 e. The Labute approximate surface area is 212 Å². The Morgan fingerprint density at radius 2 is 1.64 bits per heavy atom. The Hall–Kier alpha value is -3.43. The van der Waals surface area contributed by atoms with E-state index in [9.17, 15) is 18.0 Å². The van der Waals surface area contributed by atoms with Gasteiger partial charge in [-0.1, -0.05) is 36.4 Å². The summed E-state index contributed by atoms with van der Waals surface area (Å²) in [6, 6.07) is 15.5. The SMILES string of the molecule is CCNC(=O)N1CCC(NS(=O)(=O)c2ccc(NC(=O)c3cccc(C)c3C)c3ccccc23)CC1. The van der Waals surface area contributed by atoms with Crippen molar-refractivity contribution in [3.8, 4) is 0 Å². The van der Waals surface area contributed by atoms with E-state index in [-0.39, 0.29) is 22.9 Å². The molecule has 0 radical (unpaired) electrons. The maximum absolute atomic E-state index is 13.4. The van der Waals surface area contributed by atoms with Crippen molar-refractivity contribution in [2.75, 3.05) is 25.0 Å². The summed E-state index contributed by atoms with van der Waals surface area (Å²) in [7, 11) is -3.83. The minimum atomic E-state index is -3.83. The molecular formula is C27H32N4O4S. The molecule has 190 valence electrons. The summed E-state index contributed by atoms with van der Waals surface area (Å²) < 4.78 is 29.6. The first kappa shape index (κ1) is 25.7. The molecule has 3 N–H and O–H groups in total. The number of fused-ring (bicyclic) bond motifs is 1. The third-order valence-electron chi connectivity index (χ3n) is 6.70. The summed E-state index contributed by atoms with van der Waals surface area (Å²) in [6.45, 7) is 7.26. The topological polar surface area (TPSA) is 108 Å². The van der Waals surface area contributed by atoms with Crippen LogP contribution in [0.1, 0.15) is 41.3 Å². The van der Waals surface area contributed by atoms with Crippen LogP contribution in [0.3, 0.4) is 0 Å². The summed E-state index contributed by atoms with van der Waals surface area (Å²) >= 11 is 0. The number of nitrogens with one attached hydrogen (secondary N) is 3. The number of likely N-dealkylation sites (tertiary alicyclic amines) is 1. The fourth-order valence-electron chi connectivity index (χ4n) is 4.55. The average Bonchev–Trinajstić information content (AvgIpc) is 2.86. The molecule has 0 saturated carbocycles.